The number of rotatable bonds is 6. The molecule has 174 valence electrons. The molecule has 8 nitrogen and oxygen atoms in total. The Bertz CT molecular complexity index is 1070. The first-order valence-corrected chi connectivity index (χ1v) is 11.8. The molecule has 1 amide bonds. The summed E-state index contributed by atoms with van der Waals surface area (Å²) < 4.78 is 13.2. The third kappa shape index (κ3) is 4.86. The molecule has 5 rings (SSSR count). The number of hydrogen-bond acceptors (Lipinski definition) is 6. The zero-order valence-corrected chi connectivity index (χ0v) is 19.1. The number of benzene rings is 1. The number of ether oxygens (including phenoxy) is 1. The fourth-order valence-corrected chi connectivity index (χ4v) is 4.79. The molecule has 0 spiro atoms. The van der Waals surface area contributed by atoms with Crippen molar-refractivity contribution in [3.63, 3.8) is 0 Å². The number of carbonyl (C=O) groups excluding carboxylic acids is 1. The SMILES string of the molecule is CC(NC(=O)C1CCOCC1)c1nnc2n1CCN(Cc1ccccc1-c1ccco1)CC2. The Morgan fingerprint density at radius 3 is 2.79 bits per heavy atom. The zero-order valence-electron chi connectivity index (χ0n) is 19.1. The van der Waals surface area contributed by atoms with Crippen LogP contribution in [0, 0.1) is 5.92 Å². The van der Waals surface area contributed by atoms with Crippen molar-refractivity contribution in [3.8, 4) is 11.3 Å². The van der Waals surface area contributed by atoms with Gasteiger partial charge in [0.05, 0.1) is 12.3 Å². The van der Waals surface area contributed by atoms with E-state index in [-0.39, 0.29) is 17.9 Å². The first-order valence-electron chi connectivity index (χ1n) is 11.8. The number of aromatic nitrogens is 3. The first kappa shape index (κ1) is 21.9. The summed E-state index contributed by atoms with van der Waals surface area (Å²) in [6.07, 6.45) is 4.11. The van der Waals surface area contributed by atoms with Crippen LogP contribution in [0.25, 0.3) is 11.3 Å². The molecule has 2 aliphatic rings. The van der Waals surface area contributed by atoms with Gasteiger partial charge in [-0.2, -0.15) is 0 Å². The lowest BCUT2D eigenvalue weighted by Crippen LogP contribution is -2.36. The lowest BCUT2D eigenvalue weighted by atomic mass is 9.99. The maximum atomic E-state index is 12.7. The van der Waals surface area contributed by atoms with Crippen LogP contribution in [-0.2, 0) is 29.0 Å². The van der Waals surface area contributed by atoms with Crippen LogP contribution in [0.4, 0.5) is 0 Å². The molecule has 0 aliphatic carbocycles. The molecule has 1 fully saturated rings. The molecule has 2 aliphatic heterocycles. The smallest absolute Gasteiger partial charge is 0.223 e. The number of nitrogens with zero attached hydrogens (tertiary/aromatic N) is 4. The molecule has 1 saturated heterocycles. The van der Waals surface area contributed by atoms with Crippen molar-refractivity contribution in [2.24, 2.45) is 5.92 Å². The minimum Gasteiger partial charge on any atom is -0.464 e. The predicted molar refractivity (Wildman–Crippen MR) is 123 cm³/mol. The van der Waals surface area contributed by atoms with Crippen molar-refractivity contribution in [2.75, 3.05) is 26.3 Å². The Hall–Kier alpha value is -2.97. The number of hydrogen-bond donors (Lipinski definition) is 1. The Balaban J connectivity index is 1.24. The average Bonchev–Trinajstić information content (AvgIpc) is 3.48. The minimum atomic E-state index is -0.173. The lowest BCUT2D eigenvalue weighted by molar-refractivity contribution is -0.128. The molecule has 0 radical (unpaired) electrons. The highest BCUT2D eigenvalue weighted by Gasteiger charge is 2.27. The van der Waals surface area contributed by atoms with Crippen LogP contribution in [0.15, 0.2) is 47.1 Å². The van der Waals surface area contributed by atoms with Gasteiger partial charge in [-0.05, 0) is 37.5 Å². The van der Waals surface area contributed by atoms with E-state index < -0.39 is 0 Å². The Labute approximate surface area is 193 Å². The monoisotopic (exact) mass is 449 g/mol. The molecule has 0 bridgehead atoms. The van der Waals surface area contributed by atoms with Gasteiger partial charge >= 0.3 is 0 Å². The van der Waals surface area contributed by atoms with E-state index in [2.05, 4.69) is 43.2 Å². The lowest BCUT2D eigenvalue weighted by Gasteiger charge is -2.24. The Morgan fingerprint density at radius 1 is 1.12 bits per heavy atom. The van der Waals surface area contributed by atoms with Crippen LogP contribution in [0.1, 0.15) is 43.0 Å². The van der Waals surface area contributed by atoms with E-state index in [0.29, 0.717) is 13.2 Å². The molecule has 3 aromatic rings. The summed E-state index contributed by atoms with van der Waals surface area (Å²) in [5.41, 5.74) is 2.39. The highest BCUT2D eigenvalue weighted by atomic mass is 16.5. The van der Waals surface area contributed by atoms with Crippen LogP contribution in [0.2, 0.25) is 0 Å². The largest absolute Gasteiger partial charge is 0.464 e. The van der Waals surface area contributed by atoms with E-state index in [9.17, 15) is 4.79 Å². The average molecular weight is 450 g/mol. The van der Waals surface area contributed by atoms with Crippen molar-refractivity contribution < 1.29 is 13.9 Å². The van der Waals surface area contributed by atoms with Crippen LogP contribution in [0.3, 0.4) is 0 Å². The van der Waals surface area contributed by atoms with Crippen LogP contribution >= 0.6 is 0 Å². The molecule has 1 aromatic carbocycles. The van der Waals surface area contributed by atoms with Crippen molar-refractivity contribution in [2.45, 2.75) is 45.3 Å². The van der Waals surface area contributed by atoms with Gasteiger partial charge in [0.2, 0.25) is 5.91 Å². The second-order valence-corrected chi connectivity index (χ2v) is 8.90. The first-order chi connectivity index (χ1) is 16.2. The standard InChI is InChI=1S/C25H31N5O3/c1-18(26-25(31)19-9-15-32-16-10-19)24-28-27-23-8-11-29(12-13-30(23)24)17-20-5-2-3-6-21(20)22-7-4-14-33-22/h2-7,14,18-19H,8-13,15-17H2,1H3,(H,26,31). The van der Waals surface area contributed by atoms with Gasteiger partial charge < -0.3 is 19.0 Å². The number of carbonyl (C=O) groups is 1. The predicted octanol–water partition coefficient (Wildman–Crippen LogP) is 3.20. The zero-order chi connectivity index (χ0) is 22.6. The highest BCUT2D eigenvalue weighted by molar-refractivity contribution is 5.79. The molecule has 1 unspecified atom stereocenters. The second kappa shape index (κ2) is 9.89. The third-order valence-electron chi connectivity index (χ3n) is 6.68. The van der Waals surface area contributed by atoms with Gasteiger partial charge in [0.25, 0.3) is 0 Å². The number of furan rings is 1. The quantitative estimate of drug-likeness (QED) is 0.622. The fourth-order valence-electron chi connectivity index (χ4n) is 4.79. The van der Waals surface area contributed by atoms with E-state index in [1.54, 1.807) is 6.26 Å². The number of amides is 1. The van der Waals surface area contributed by atoms with E-state index in [0.717, 1.165) is 68.4 Å². The summed E-state index contributed by atoms with van der Waals surface area (Å²) in [4.78, 5) is 15.1. The third-order valence-corrected chi connectivity index (χ3v) is 6.68. The summed E-state index contributed by atoms with van der Waals surface area (Å²) in [6, 6.07) is 12.2. The van der Waals surface area contributed by atoms with E-state index in [1.807, 2.05) is 25.1 Å². The highest BCUT2D eigenvalue weighted by Crippen LogP contribution is 2.26. The van der Waals surface area contributed by atoms with Crippen LogP contribution < -0.4 is 5.32 Å². The maximum Gasteiger partial charge on any atom is 0.223 e. The molecular formula is C25H31N5O3. The van der Waals surface area contributed by atoms with Crippen molar-refractivity contribution in [1.82, 2.24) is 25.0 Å². The Morgan fingerprint density at radius 2 is 1.97 bits per heavy atom. The molecule has 2 aromatic heterocycles. The van der Waals surface area contributed by atoms with E-state index >= 15 is 0 Å². The van der Waals surface area contributed by atoms with Crippen molar-refractivity contribution in [1.29, 1.82) is 0 Å². The van der Waals surface area contributed by atoms with Gasteiger partial charge in [-0.1, -0.05) is 24.3 Å². The van der Waals surface area contributed by atoms with Crippen molar-refractivity contribution >= 4 is 5.91 Å². The fraction of sp³-hybridized carbons (Fsp3) is 0.480. The maximum absolute atomic E-state index is 12.7. The van der Waals surface area contributed by atoms with E-state index in [4.69, 9.17) is 9.15 Å². The molecule has 0 saturated carbocycles. The van der Waals surface area contributed by atoms with Crippen molar-refractivity contribution in [3.05, 3.63) is 59.9 Å². The molecule has 4 heterocycles. The van der Waals surface area contributed by atoms with Gasteiger partial charge in [0.15, 0.2) is 5.82 Å². The van der Waals surface area contributed by atoms with Gasteiger partial charge in [0, 0.05) is 57.3 Å². The van der Waals surface area contributed by atoms with Gasteiger partial charge in [-0.3, -0.25) is 9.69 Å². The normalized spacial score (nSPS) is 18.5. The van der Waals surface area contributed by atoms with Gasteiger partial charge in [-0.25, -0.2) is 0 Å². The van der Waals surface area contributed by atoms with Gasteiger partial charge in [0.1, 0.15) is 11.6 Å². The number of fused-ring (bicyclic) bond motifs is 1. The summed E-state index contributed by atoms with van der Waals surface area (Å²) in [5.74, 6) is 2.83. The second-order valence-electron chi connectivity index (χ2n) is 8.90. The van der Waals surface area contributed by atoms with E-state index in [1.165, 1.54) is 5.56 Å². The number of nitrogens with one attached hydrogen (secondary N) is 1. The van der Waals surface area contributed by atoms with Gasteiger partial charge in [-0.15, -0.1) is 10.2 Å². The summed E-state index contributed by atoms with van der Waals surface area (Å²) >= 11 is 0. The summed E-state index contributed by atoms with van der Waals surface area (Å²) in [6.45, 7) is 6.77. The summed E-state index contributed by atoms with van der Waals surface area (Å²) in [7, 11) is 0. The molecule has 1 atom stereocenters. The molecule has 33 heavy (non-hydrogen) atoms. The molecule has 8 heteroatoms. The Kier molecular flexibility index (Phi) is 6.55. The van der Waals surface area contributed by atoms with Crippen LogP contribution in [0.5, 0.6) is 0 Å². The summed E-state index contributed by atoms with van der Waals surface area (Å²) in [5, 5.41) is 12.0. The molecule has 1 N–H and O–H groups in total. The van der Waals surface area contributed by atoms with Crippen LogP contribution in [-0.4, -0.2) is 51.9 Å². The molecular weight excluding hydrogens is 418 g/mol. The topological polar surface area (TPSA) is 85.4 Å². The minimum absolute atomic E-state index is 0.0254.